The van der Waals surface area contributed by atoms with Crippen LogP contribution in [-0.2, 0) is 32.0 Å². The Morgan fingerprint density at radius 1 is 1.29 bits per heavy atom. The van der Waals surface area contributed by atoms with Gasteiger partial charge in [0.1, 0.15) is 10.6 Å². The van der Waals surface area contributed by atoms with E-state index in [1.807, 2.05) is 37.6 Å². The van der Waals surface area contributed by atoms with E-state index in [1.165, 1.54) is 18.3 Å². The zero-order valence-corrected chi connectivity index (χ0v) is 21.9. The number of carbonyl (C=O) groups excluding carboxylic acids is 1. The number of rotatable bonds is 14. The number of ether oxygens (including phenoxy) is 2. The summed E-state index contributed by atoms with van der Waals surface area (Å²) < 4.78 is 11.5. The molecule has 192 valence electrons. The fourth-order valence-corrected chi connectivity index (χ4v) is 5.30. The molecular weight excluding hydrogens is 466 g/mol. The standard InChI is InChI=1S/C26H37N3O5S/c1-16(2)20(27-5)12-21(33-17(3)30)25-29-19(15-35-25)14-28-22(11-18-9-7-6-8-10-18)26(4)23(34-26)13-24(31)32/h6-10,15-16,20-23,27-28H,11-14H2,1-5H3,(H,31,32)/t20-,21-,22?,23?,26?/m1/s1. The number of benzene rings is 1. The number of epoxide rings is 1. The Hall–Kier alpha value is -2.33. The van der Waals surface area contributed by atoms with Gasteiger partial charge in [-0.25, -0.2) is 4.98 Å². The van der Waals surface area contributed by atoms with Crippen molar-refractivity contribution in [1.82, 2.24) is 15.6 Å². The van der Waals surface area contributed by atoms with Crippen molar-refractivity contribution >= 4 is 23.3 Å². The van der Waals surface area contributed by atoms with Gasteiger partial charge < -0.3 is 25.2 Å². The highest BCUT2D eigenvalue weighted by Crippen LogP contribution is 2.42. The molecule has 35 heavy (non-hydrogen) atoms. The van der Waals surface area contributed by atoms with Crippen molar-refractivity contribution in [3.8, 4) is 0 Å². The smallest absolute Gasteiger partial charge is 0.306 e. The number of nitrogens with zero attached hydrogens (tertiary/aromatic N) is 1. The summed E-state index contributed by atoms with van der Waals surface area (Å²) >= 11 is 1.49. The Kier molecular flexibility index (Phi) is 9.40. The van der Waals surface area contributed by atoms with Crippen LogP contribution in [0.15, 0.2) is 35.7 Å². The predicted octanol–water partition coefficient (Wildman–Crippen LogP) is 3.71. The zero-order chi connectivity index (χ0) is 25.6. The van der Waals surface area contributed by atoms with Crippen LogP contribution in [-0.4, -0.2) is 52.9 Å². The van der Waals surface area contributed by atoms with Crippen molar-refractivity contribution in [3.63, 3.8) is 0 Å². The summed E-state index contributed by atoms with van der Waals surface area (Å²) in [6, 6.07) is 10.2. The van der Waals surface area contributed by atoms with Crippen LogP contribution < -0.4 is 10.6 Å². The van der Waals surface area contributed by atoms with Gasteiger partial charge in [0.15, 0.2) is 6.10 Å². The van der Waals surface area contributed by atoms with Crippen LogP contribution in [0.25, 0.3) is 0 Å². The molecule has 1 aromatic heterocycles. The number of aliphatic carboxylic acids is 1. The van der Waals surface area contributed by atoms with Gasteiger partial charge in [0, 0.05) is 37.4 Å². The number of hydrogen-bond acceptors (Lipinski definition) is 8. The molecule has 1 fully saturated rings. The third kappa shape index (κ3) is 7.57. The van der Waals surface area contributed by atoms with Crippen LogP contribution in [0.5, 0.6) is 0 Å². The number of carbonyl (C=O) groups is 2. The predicted molar refractivity (Wildman–Crippen MR) is 135 cm³/mol. The van der Waals surface area contributed by atoms with E-state index in [-0.39, 0.29) is 30.6 Å². The second kappa shape index (κ2) is 12.1. The number of nitrogens with one attached hydrogen (secondary N) is 2. The number of esters is 1. The lowest BCUT2D eigenvalue weighted by Crippen LogP contribution is -2.44. The highest BCUT2D eigenvalue weighted by Gasteiger charge is 2.57. The largest absolute Gasteiger partial charge is 0.481 e. The fraction of sp³-hybridized carbons (Fsp3) is 0.577. The van der Waals surface area contributed by atoms with Crippen LogP contribution in [0, 0.1) is 5.92 Å². The zero-order valence-electron chi connectivity index (χ0n) is 21.1. The van der Waals surface area contributed by atoms with Gasteiger partial charge in [0.05, 0.1) is 18.2 Å². The first-order valence-corrected chi connectivity index (χ1v) is 13.0. The average molecular weight is 504 g/mol. The van der Waals surface area contributed by atoms with Crippen molar-refractivity contribution < 1.29 is 24.2 Å². The molecule has 2 aromatic rings. The maximum absolute atomic E-state index is 11.8. The summed E-state index contributed by atoms with van der Waals surface area (Å²) in [6.45, 7) is 8.15. The second-order valence-electron chi connectivity index (χ2n) is 9.66. The molecule has 0 saturated carbocycles. The van der Waals surface area contributed by atoms with Crippen molar-refractivity contribution in [1.29, 1.82) is 0 Å². The van der Waals surface area contributed by atoms with Crippen molar-refractivity contribution in [2.45, 2.75) is 83.4 Å². The molecule has 5 atom stereocenters. The minimum absolute atomic E-state index is 0.0170. The van der Waals surface area contributed by atoms with Gasteiger partial charge >= 0.3 is 11.9 Å². The van der Waals surface area contributed by atoms with E-state index in [1.54, 1.807) is 0 Å². The molecule has 0 aliphatic carbocycles. The molecule has 8 nitrogen and oxygen atoms in total. The van der Waals surface area contributed by atoms with Gasteiger partial charge in [-0.1, -0.05) is 44.2 Å². The molecule has 1 aromatic carbocycles. The molecule has 3 rings (SSSR count). The first kappa shape index (κ1) is 27.3. The molecule has 0 radical (unpaired) electrons. The number of carboxylic acid groups (broad SMARTS) is 1. The van der Waals surface area contributed by atoms with E-state index >= 15 is 0 Å². The normalized spacial score (nSPS) is 21.9. The van der Waals surface area contributed by atoms with Crippen LogP contribution in [0.3, 0.4) is 0 Å². The average Bonchev–Trinajstić information content (AvgIpc) is 3.21. The summed E-state index contributed by atoms with van der Waals surface area (Å²) in [5.41, 5.74) is 1.44. The monoisotopic (exact) mass is 503 g/mol. The highest BCUT2D eigenvalue weighted by atomic mass is 32.1. The summed E-state index contributed by atoms with van der Waals surface area (Å²) in [5, 5.41) is 18.8. The van der Waals surface area contributed by atoms with Gasteiger partial charge in [-0.05, 0) is 31.9 Å². The highest BCUT2D eigenvalue weighted by molar-refractivity contribution is 7.09. The number of carboxylic acids is 1. The van der Waals surface area contributed by atoms with Crippen LogP contribution in [0.2, 0.25) is 0 Å². The Morgan fingerprint density at radius 2 is 2.00 bits per heavy atom. The Balaban J connectivity index is 1.71. The Morgan fingerprint density at radius 3 is 2.60 bits per heavy atom. The Bertz CT molecular complexity index is 982. The third-order valence-electron chi connectivity index (χ3n) is 6.64. The van der Waals surface area contributed by atoms with Crippen LogP contribution >= 0.6 is 11.3 Å². The molecule has 0 amide bonds. The lowest BCUT2D eigenvalue weighted by Gasteiger charge is -2.24. The van der Waals surface area contributed by atoms with Gasteiger partial charge in [0.25, 0.3) is 0 Å². The van der Waals surface area contributed by atoms with Gasteiger partial charge in [-0.3, -0.25) is 9.59 Å². The lowest BCUT2D eigenvalue weighted by molar-refractivity contribution is -0.147. The topological polar surface area (TPSA) is 113 Å². The van der Waals surface area contributed by atoms with E-state index in [0.29, 0.717) is 25.3 Å². The molecular formula is C26H37N3O5S. The first-order chi connectivity index (χ1) is 16.6. The minimum atomic E-state index is -0.862. The number of thiazole rings is 1. The van der Waals surface area contributed by atoms with E-state index in [4.69, 9.17) is 14.5 Å². The SMILES string of the molecule is CN[C@H](C[C@@H](OC(C)=O)c1nc(CNC(Cc2ccccc2)C2(C)OC2CC(=O)O)cs1)C(C)C. The molecule has 1 aliphatic rings. The lowest BCUT2D eigenvalue weighted by atomic mass is 9.90. The van der Waals surface area contributed by atoms with Crippen LogP contribution in [0.1, 0.15) is 62.9 Å². The first-order valence-electron chi connectivity index (χ1n) is 12.1. The minimum Gasteiger partial charge on any atom is -0.481 e. The number of hydrogen-bond donors (Lipinski definition) is 3. The fourth-order valence-electron chi connectivity index (χ4n) is 4.44. The number of aromatic nitrogens is 1. The summed E-state index contributed by atoms with van der Waals surface area (Å²) in [5.74, 6) is -0.801. The molecule has 9 heteroatoms. The van der Waals surface area contributed by atoms with E-state index in [0.717, 1.165) is 16.3 Å². The van der Waals surface area contributed by atoms with Crippen LogP contribution in [0.4, 0.5) is 0 Å². The van der Waals surface area contributed by atoms with Crippen molar-refractivity contribution in [3.05, 3.63) is 52.0 Å². The molecule has 0 spiro atoms. The summed E-state index contributed by atoms with van der Waals surface area (Å²) in [7, 11) is 1.91. The van der Waals surface area contributed by atoms with Crippen molar-refractivity contribution in [2.24, 2.45) is 5.92 Å². The van der Waals surface area contributed by atoms with E-state index in [2.05, 4.69) is 36.6 Å². The maximum Gasteiger partial charge on any atom is 0.306 e. The van der Waals surface area contributed by atoms with Gasteiger partial charge in [0.2, 0.25) is 0 Å². The van der Waals surface area contributed by atoms with Gasteiger partial charge in [-0.15, -0.1) is 11.3 Å². The Labute approximate surface area is 211 Å². The van der Waals surface area contributed by atoms with E-state index < -0.39 is 17.7 Å². The molecule has 3 N–H and O–H groups in total. The molecule has 1 saturated heterocycles. The van der Waals surface area contributed by atoms with Gasteiger partial charge in [-0.2, -0.15) is 0 Å². The maximum atomic E-state index is 11.8. The molecule has 1 aliphatic heterocycles. The summed E-state index contributed by atoms with van der Waals surface area (Å²) in [4.78, 5) is 27.8. The molecule has 2 heterocycles. The van der Waals surface area contributed by atoms with E-state index in [9.17, 15) is 14.7 Å². The quantitative estimate of drug-likeness (QED) is 0.264. The third-order valence-corrected chi connectivity index (χ3v) is 7.62. The van der Waals surface area contributed by atoms with Crippen molar-refractivity contribution in [2.75, 3.05) is 7.05 Å². The molecule has 3 unspecified atom stereocenters. The summed E-state index contributed by atoms with van der Waals surface area (Å²) in [6.07, 6.45) is 0.605. The molecule has 0 bridgehead atoms. The second-order valence-corrected chi connectivity index (χ2v) is 10.6.